The van der Waals surface area contributed by atoms with Gasteiger partial charge in [-0.3, -0.25) is 9.78 Å². The number of hydrogen-bond donors (Lipinski definition) is 2. The molecule has 1 amide bonds. The van der Waals surface area contributed by atoms with Crippen LogP contribution in [0, 0.1) is 6.92 Å². The number of carbonyl (C=O) groups excluding carboxylic acids is 1. The van der Waals surface area contributed by atoms with Crippen LogP contribution in [0.15, 0.2) is 12.1 Å². The predicted molar refractivity (Wildman–Crippen MR) is 62.1 cm³/mol. The second-order valence-electron chi connectivity index (χ2n) is 3.00. The van der Waals surface area contributed by atoms with Crippen molar-refractivity contribution in [2.24, 2.45) is 5.73 Å². The zero-order valence-electron chi connectivity index (χ0n) is 8.91. The van der Waals surface area contributed by atoms with Gasteiger partial charge in [0.15, 0.2) is 0 Å². The molecule has 84 valence electrons. The number of aromatic nitrogens is 1. The highest BCUT2D eigenvalue weighted by Gasteiger charge is 2.08. The highest BCUT2D eigenvalue weighted by molar-refractivity contribution is 5.95. The number of halogens is 1. The molecule has 0 aliphatic heterocycles. The minimum Gasteiger partial charge on any atom is -0.352 e. The summed E-state index contributed by atoms with van der Waals surface area (Å²) in [5, 5.41) is 2.73. The molecule has 5 heteroatoms. The van der Waals surface area contributed by atoms with Crippen LogP contribution in [-0.4, -0.2) is 17.4 Å². The molecule has 0 saturated heterocycles. The molecule has 0 unspecified atom stereocenters. The Labute approximate surface area is 95.7 Å². The summed E-state index contributed by atoms with van der Waals surface area (Å²) in [7, 11) is 0. The smallest absolute Gasteiger partial charge is 0.253 e. The standard InChI is InChI=1S/C10H15N3O.ClH/c1-3-12-10(14)9-5-4-8(6-11)13-7(9)2;/h4-5H,3,6,11H2,1-2H3,(H,12,14);1H. The second-order valence-corrected chi connectivity index (χ2v) is 3.00. The van der Waals surface area contributed by atoms with Crippen molar-refractivity contribution in [2.75, 3.05) is 6.54 Å². The molecule has 0 atom stereocenters. The molecule has 1 aromatic rings. The van der Waals surface area contributed by atoms with Crippen LogP contribution in [0.1, 0.15) is 28.7 Å². The van der Waals surface area contributed by atoms with Gasteiger partial charge >= 0.3 is 0 Å². The Balaban J connectivity index is 0.00000196. The van der Waals surface area contributed by atoms with E-state index in [2.05, 4.69) is 10.3 Å². The Morgan fingerprint density at radius 2 is 2.20 bits per heavy atom. The molecular formula is C10H16ClN3O. The Morgan fingerprint density at radius 1 is 1.53 bits per heavy atom. The topological polar surface area (TPSA) is 68.0 Å². The molecule has 3 N–H and O–H groups in total. The van der Waals surface area contributed by atoms with Gasteiger partial charge in [-0.05, 0) is 26.0 Å². The first-order valence-electron chi connectivity index (χ1n) is 4.63. The Kier molecular flexibility index (Phi) is 5.89. The van der Waals surface area contributed by atoms with Gasteiger partial charge < -0.3 is 11.1 Å². The van der Waals surface area contributed by atoms with Gasteiger partial charge in [0.05, 0.1) is 17.0 Å². The molecular weight excluding hydrogens is 214 g/mol. The summed E-state index contributed by atoms with van der Waals surface area (Å²) < 4.78 is 0. The largest absolute Gasteiger partial charge is 0.352 e. The lowest BCUT2D eigenvalue weighted by molar-refractivity contribution is 0.0955. The maximum absolute atomic E-state index is 11.5. The number of carbonyl (C=O) groups is 1. The molecule has 0 radical (unpaired) electrons. The van der Waals surface area contributed by atoms with Gasteiger partial charge in [0.1, 0.15) is 0 Å². The second kappa shape index (κ2) is 6.37. The zero-order valence-corrected chi connectivity index (χ0v) is 9.73. The zero-order chi connectivity index (χ0) is 10.6. The van der Waals surface area contributed by atoms with E-state index in [1.807, 2.05) is 13.8 Å². The molecule has 0 fully saturated rings. The Bertz CT molecular complexity index is 341. The van der Waals surface area contributed by atoms with Crippen molar-refractivity contribution in [2.45, 2.75) is 20.4 Å². The van der Waals surface area contributed by atoms with Gasteiger partial charge in [0, 0.05) is 13.1 Å². The third kappa shape index (κ3) is 3.49. The molecule has 0 aliphatic rings. The normalized spacial score (nSPS) is 9.27. The molecule has 1 aromatic heterocycles. The number of amides is 1. The summed E-state index contributed by atoms with van der Waals surface area (Å²) in [6.45, 7) is 4.71. The predicted octanol–water partition coefficient (Wildman–Crippen LogP) is 1.02. The average Bonchev–Trinajstić information content (AvgIpc) is 2.17. The monoisotopic (exact) mass is 229 g/mol. The minimum absolute atomic E-state index is 0. The van der Waals surface area contributed by atoms with Gasteiger partial charge in [-0.25, -0.2) is 0 Å². The number of pyridine rings is 1. The molecule has 0 saturated carbocycles. The fraction of sp³-hybridized carbons (Fsp3) is 0.400. The molecule has 0 aromatic carbocycles. The van der Waals surface area contributed by atoms with Crippen LogP contribution in [0.25, 0.3) is 0 Å². The lowest BCUT2D eigenvalue weighted by Gasteiger charge is -2.06. The lowest BCUT2D eigenvalue weighted by atomic mass is 10.1. The maximum atomic E-state index is 11.5. The van der Waals surface area contributed by atoms with E-state index in [1.54, 1.807) is 12.1 Å². The van der Waals surface area contributed by atoms with Crippen LogP contribution < -0.4 is 11.1 Å². The van der Waals surface area contributed by atoms with E-state index < -0.39 is 0 Å². The van der Waals surface area contributed by atoms with Gasteiger partial charge in [-0.2, -0.15) is 0 Å². The molecule has 0 aliphatic carbocycles. The van der Waals surface area contributed by atoms with E-state index >= 15 is 0 Å². The summed E-state index contributed by atoms with van der Waals surface area (Å²) in [5.74, 6) is -0.0823. The van der Waals surface area contributed by atoms with Crippen LogP contribution in [0.2, 0.25) is 0 Å². The van der Waals surface area contributed by atoms with Gasteiger partial charge in [-0.1, -0.05) is 0 Å². The number of nitrogens with one attached hydrogen (secondary N) is 1. The lowest BCUT2D eigenvalue weighted by Crippen LogP contribution is -2.24. The van der Waals surface area contributed by atoms with Crippen molar-refractivity contribution in [1.29, 1.82) is 0 Å². The average molecular weight is 230 g/mol. The third-order valence-electron chi connectivity index (χ3n) is 1.93. The van der Waals surface area contributed by atoms with Crippen molar-refractivity contribution in [1.82, 2.24) is 10.3 Å². The van der Waals surface area contributed by atoms with Crippen molar-refractivity contribution < 1.29 is 4.79 Å². The SMILES string of the molecule is CCNC(=O)c1ccc(CN)nc1C.Cl. The first-order chi connectivity index (χ1) is 6.69. The fourth-order valence-electron chi connectivity index (χ4n) is 1.22. The maximum Gasteiger partial charge on any atom is 0.253 e. The highest BCUT2D eigenvalue weighted by atomic mass is 35.5. The summed E-state index contributed by atoms with van der Waals surface area (Å²) in [6, 6.07) is 3.53. The van der Waals surface area contributed by atoms with Crippen LogP contribution >= 0.6 is 12.4 Å². The number of hydrogen-bond acceptors (Lipinski definition) is 3. The molecule has 0 bridgehead atoms. The van der Waals surface area contributed by atoms with Crippen molar-refractivity contribution in [3.8, 4) is 0 Å². The van der Waals surface area contributed by atoms with E-state index in [1.165, 1.54) is 0 Å². The molecule has 15 heavy (non-hydrogen) atoms. The van der Waals surface area contributed by atoms with Gasteiger partial charge in [-0.15, -0.1) is 12.4 Å². The summed E-state index contributed by atoms with van der Waals surface area (Å²) in [5.41, 5.74) is 7.58. The first kappa shape index (κ1) is 13.9. The van der Waals surface area contributed by atoms with Crippen molar-refractivity contribution in [3.05, 3.63) is 29.1 Å². The molecule has 1 heterocycles. The number of nitrogens with two attached hydrogens (primary N) is 1. The fourth-order valence-corrected chi connectivity index (χ4v) is 1.22. The van der Waals surface area contributed by atoms with Crippen LogP contribution in [0.5, 0.6) is 0 Å². The highest BCUT2D eigenvalue weighted by Crippen LogP contribution is 2.06. The van der Waals surface area contributed by atoms with E-state index in [-0.39, 0.29) is 18.3 Å². The van der Waals surface area contributed by atoms with Gasteiger partial charge in [0.25, 0.3) is 5.91 Å². The van der Waals surface area contributed by atoms with Crippen molar-refractivity contribution >= 4 is 18.3 Å². The van der Waals surface area contributed by atoms with E-state index in [9.17, 15) is 4.79 Å². The summed E-state index contributed by atoms with van der Waals surface area (Å²) >= 11 is 0. The van der Waals surface area contributed by atoms with Crippen LogP contribution in [-0.2, 0) is 6.54 Å². The quantitative estimate of drug-likeness (QED) is 0.813. The minimum atomic E-state index is -0.0823. The Hall–Kier alpha value is -1.13. The number of aryl methyl sites for hydroxylation is 1. The third-order valence-corrected chi connectivity index (χ3v) is 1.93. The molecule has 1 rings (SSSR count). The summed E-state index contributed by atoms with van der Waals surface area (Å²) in [6.07, 6.45) is 0. The molecule has 4 nitrogen and oxygen atoms in total. The summed E-state index contributed by atoms with van der Waals surface area (Å²) in [4.78, 5) is 15.7. The van der Waals surface area contributed by atoms with Crippen LogP contribution in [0.4, 0.5) is 0 Å². The van der Waals surface area contributed by atoms with Crippen molar-refractivity contribution in [3.63, 3.8) is 0 Å². The van der Waals surface area contributed by atoms with E-state index in [0.29, 0.717) is 18.7 Å². The van der Waals surface area contributed by atoms with E-state index in [0.717, 1.165) is 11.4 Å². The molecule has 0 spiro atoms. The van der Waals surface area contributed by atoms with E-state index in [4.69, 9.17) is 5.73 Å². The Morgan fingerprint density at radius 3 is 2.67 bits per heavy atom. The number of nitrogens with zero attached hydrogens (tertiary/aromatic N) is 1. The first-order valence-corrected chi connectivity index (χ1v) is 4.63. The number of rotatable bonds is 3. The van der Waals surface area contributed by atoms with Crippen LogP contribution in [0.3, 0.4) is 0 Å². The van der Waals surface area contributed by atoms with Gasteiger partial charge in [0.2, 0.25) is 0 Å².